The van der Waals surface area contributed by atoms with Crippen molar-refractivity contribution in [2.24, 2.45) is 10.6 Å². The summed E-state index contributed by atoms with van der Waals surface area (Å²) in [5, 5.41) is 7.89. The van der Waals surface area contributed by atoms with E-state index in [1.807, 2.05) is 31.2 Å². The molecule has 0 unspecified atom stereocenters. The Balaban J connectivity index is 1.86. The zero-order chi connectivity index (χ0) is 17.5. The maximum atomic E-state index is 12.8. The van der Waals surface area contributed by atoms with Gasteiger partial charge in [0.15, 0.2) is 0 Å². The number of rotatable bonds is 3. The Kier molecular flexibility index (Phi) is 3.85. The van der Waals surface area contributed by atoms with Gasteiger partial charge < -0.3 is 11.1 Å². The van der Waals surface area contributed by atoms with Crippen molar-refractivity contribution in [3.8, 4) is 0 Å². The summed E-state index contributed by atoms with van der Waals surface area (Å²) in [4.78, 5) is 12.7. The zero-order valence-corrected chi connectivity index (χ0v) is 14.1. The number of hydrogen-bond acceptors (Lipinski definition) is 4. The maximum Gasteiger partial charge on any atom is 0.238 e. The van der Waals surface area contributed by atoms with E-state index in [0.717, 1.165) is 11.1 Å². The summed E-state index contributed by atoms with van der Waals surface area (Å²) in [7, 11) is -3.86. The third-order valence-electron chi connectivity index (χ3n) is 4.43. The molecule has 5 N–H and O–H groups in total. The van der Waals surface area contributed by atoms with Gasteiger partial charge in [0, 0.05) is 0 Å². The van der Waals surface area contributed by atoms with E-state index in [4.69, 9.17) is 10.9 Å². The smallest absolute Gasteiger partial charge is 0.238 e. The van der Waals surface area contributed by atoms with Crippen molar-refractivity contribution in [3.05, 3.63) is 53.6 Å². The van der Waals surface area contributed by atoms with Crippen LogP contribution in [-0.2, 0) is 27.7 Å². The molecule has 1 amide bonds. The largest absolute Gasteiger partial charge is 0.397 e. The number of nitrogen functional groups attached to an aromatic ring is 1. The van der Waals surface area contributed by atoms with Gasteiger partial charge in [-0.2, -0.15) is 0 Å². The van der Waals surface area contributed by atoms with E-state index in [2.05, 4.69) is 5.32 Å². The van der Waals surface area contributed by atoms with Crippen LogP contribution in [0.25, 0.3) is 0 Å². The summed E-state index contributed by atoms with van der Waals surface area (Å²) in [6.07, 6.45) is 1.26. The molecule has 6 nitrogen and oxygen atoms in total. The Morgan fingerprint density at radius 2 is 1.71 bits per heavy atom. The molecule has 0 bridgehead atoms. The van der Waals surface area contributed by atoms with Crippen molar-refractivity contribution in [2.75, 3.05) is 11.1 Å². The summed E-state index contributed by atoms with van der Waals surface area (Å²) >= 11 is 0. The van der Waals surface area contributed by atoms with Gasteiger partial charge in [0.25, 0.3) is 0 Å². The Morgan fingerprint density at radius 3 is 2.25 bits per heavy atom. The van der Waals surface area contributed by atoms with E-state index in [0.29, 0.717) is 12.8 Å². The van der Waals surface area contributed by atoms with E-state index in [9.17, 15) is 13.2 Å². The fraction of sp³-hybridized carbons (Fsp3) is 0.235. The first-order chi connectivity index (χ1) is 11.2. The molecule has 0 radical (unpaired) electrons. The maximum absolute atomic E-state index is 12.8. The lowest BCUT2D eigenvalue weighted by atomic mass is 9.86. The highest BCUT2D eigenvalue weighted by molar-refractivity contribution is 7.89. The lowest BCUT2D eigenvalue weighted by molar-refractivity contribution is -0.124. The molecule has 3 rings (SSSR count). The molecule has 0 aliphatic heterocycles. The highest BCUT2D eigenvalue weighted by Crippen LogP contribution is 2.38. The number of nitrogens with two attached hydrogens (primary N) is 2. The van der Waals surface area contributed by atoms with Gasteiger partial charge in [-0.3, -0.25) is 4.79 Å². The third-order valence-corrected chi connectivity index (χ3v) is 5.34. The molecule has 126 valence electrons. The first kappa shape index (κ1) is 16.5. The fourth-order valence-electron chi connectivity index (χ4n) is 3.06. The van der Waals surface area contributed by atoms with E-state index in [-0.39, 0.29) is 22.2 Å². The second-order valence-corrected chi connectivity index (χ2v) is 7.99. The van der Waals surface area contributed by atoms with Gasteiger partial charge in [0.2, 0.25) is 15.9 Å². The van der Waals surface area contributed by atoms with Gasteiger partial charge >= 0.3 is 0 Å². The van der Waals surface area contributed by atoms with Crippen LogP contribution < -0.4 is 16.2 Å². The van der Waals surface area contributed by atoms with Crippen molar-refractivity contribution in [1.82, 2.24) is 0 Å². The molecule has 0 aromatic heterocycles. The molecular formula is C17H19N3O3S. The average Bonchev–Trinajstić information content (AvgIpc) is 2.85. The van der Waals surface area contributed by atoms with Crippen LogP contribution in [0.2, 0.25) is 0 Å². The van der Waals surface area contributed by atoms with E-state index >= 15 is 0 Å². The van der Waals surface area contributed by atoms with E-state index in [1.165, 1.54) is 18.2 Å². The van der Waals surface area contributed by atoms with Crippen LogP contribution in [0.3, 0.4) is 0 Å². The highest BCUT2D eigenvalue weighted by Gasteiger charge is 2.39. The van der Waals surface area contributed by atoms with Crippen LogP contribution in [-0.4, -0.2) is 14.3 Å². The number of anilines is 2. The molecule has 0 fully saturated rings. The van der Waals surface area contributed by atoms with Gasteiger partial charge in [-0.15, -0.1) is 0 Å². The molecule has 24 heavy (non-hydrogen) atoms. The van der Waals surface area contributed by atoms with Crippen LogP contribution >= 0.6 is 0 Å². The number of primary sulfonamides is 1. The SMILES string of the molecule is CC1(C(=O)Nc2cc(S(N)(=O)=O)ccc2N)Cc2ccccc2C1. The Labute approximate surface area is 140 Å². The van der Waals surface area contributed by atoms with Gasteiger partial charge in [0.1, 0.15) is 0 Å². The standard InChI is InChI=1S/C17H19N3O3S/c1-17(9-11-4-2-3-5-12(11)10-17)16(21)20-15-8-13(24(19,22)23)6-7-14(15)18/h2-8H,9-10,18H2,1H3,(H,20,21)(H2,19,22,23). The number of nitrogens with one attached hydrogen (secondary N) is 1. The van der Waals surface area contributed by atoms with E-state index in [1.54, 1.807) is 0 Å². The van der Waals surface area contributed by atoms with Crippen LogP contribution in [0.4, 0.5) is 11.4 Å². The van der Waals surface area contributed by atoms with Gasteiger partial charge in [-0.25, -0.2) is 13.6 Å². The molecule has 1 aliphatic rings. The van der Waals surface area contributed by atoms with Crippen molar-refractivity contribution in [3.63, 3.8) is 0 Å². The Bertz CT molecular complexity index is 897. The van der Waals surface area contributed by atoms with Crippen molar-refractivity contribution in [1.29, 1.82) is 0 Å². The molecule has 0 atom stereocenters. The summed E-state index contributed by atoms with van der Waals surface area (Å²) in [5.41, 5.74) is 8.10. The zero-order valence-electron chi connectivity index (χ0n) is 13.2. The molecule has 0 saturated heterocycles. The first-order valence-corrected chi connectivity index (χ1v) is 9.04. The second kappa shape index (κ2) is 5.61. The number of carbonyl (C=O) groups is 1. The predicted molar refractivity (Wildman–Crippen MR) is 92.8 cm³/mol. The number of carbonyl (C=O) groups excluding carboxylic acids is 1. The topological polar surface area (TPSA) is 115 Å². The fourth-order valence-corrected chi connectivity index (χ4v) is 3.60. The second-order valence-electron chi connectivity index (χ2n) is 6.43. The molecule has 0 saturated carbocycles. The summed E-state index contributed by atoms with van der Waals surface area (Å²) in [6.45, 7) is 1.89. The van der Waals surface area contributed by atoms with E-state index < -0.39 is 15.4 Å². The minimum atomic E-state index is -3.86. The van der Waals surface area contributed by atoms with Gasteiger partial charge in [-0.1, -0.05) is 31.2 Å². The third kappa shape index (κ3) is 3.00. The van der Waals surface area contributed by atoms with Crippen LogP contribution in [0.5, 0.6) is 0 Å². The number of sulfonamides is 1. The quantitative estimate of drug-likeness (QED) is 0.734. The normalized spacial score (nSPS) is 15.8. The number of benzene rings is 2. The first-order valence-electron chi connectivity index (χ1n) is 7.50. The Hall–Kier alpha value is -2.38. The van der Waals surface area contributed by atoms with Crippen molar-refractivity contribution < 1.29 is 13.2 Å². The summed E-state index contributed by atoms with van der Waals surface area (Å²) in [5.74, 6) is -0.197. The van der Waals surface area contributed by atoms with Gasteiger partial charge in [-0.05, 0) is 42.2 Å². The Morgan fingerprint density at radius 1 is 1.12 bits per heavy atom. The molecule has 2 aromatic carbocycles. The highest BCUT2D eigenvalue weighted by atomic mass is 32.2. The number of amides is 1. The number of fused-ring (bicyclic) bond motifs is 1. The van der Waals surface area contributed by atoms with Crippen LogP contribution in [0.1, 0.15) is 18.1 Å². The van der Waals surface area contributed by atoms with Crippen LogP contribution in [0, 0.1) is 5.41 Å². The minimum Gasteiger partial charge on any atom is -0.397 e. The lowest BCUT2D eigenvalue weighted by Gasteiger charge is -2.23. The average molecular weight is 345 g/mol. The summed E-state index contributed by atoms with van der Waals surface area (Å²) in [6, 6.07) is 12.0. The molecule has 7 heteroatoms. The molecular weight excluding hydrogens is 326 g/mol. The molecule has 1 aliphatic carbocycles. The van der Waals surface area contributed by atoms with Gasteiger partial charge in [0.05, 0.1) is 21.7 Å². The van der Waals surface area contributed by atoms with Crippen molar-refractivity contribution >= 4 is 27.3 Å². The minimum absolute atomic E-state index is 0.0909. The lowest BCUT2D eigenvalue weighted by Crippen LogP contribution is -2.34. The summed E-state index contributed by atoms with van der Waals surface area (Å²) < 4.78 is 22.9. The molecule has 0 spiro atoms. The van der Waals surface area contributed by atoms with Crippen molar-refractivity contribution in [2.45, 2.75) is 24.7 Å². The molecule has 0 heterocycles. The van der Waals surface area contributed by atoms with Crippen LogP contribution in [0.15, 0.2) is 47.4 Å². The number of hydrogen-bond donors (Lipinski definition) is 3. The predicted octanol–water partition coefficient (Wildman–Crippen LogP) is 1.66. The monoisotopic (exact) mass is 345 g/mol. The molecule has 2 aromatic rings.